The van der Waals surface area contributed by atoms with Crippen molar-refractivity contribution in [2.45, 2.75) is 17.0 Å². The second kappa shape index (κ2) is 8.08. The normalized spacial score (nSPS) is 10.9. The molecule has 0 saturated carbocycles. The molecule has 6 nitrogen and oxygen atoms in total. The van der Waals surface area contributed by atoms with Gasteiger partial charge in [0.05, 0.1) is 5.75 Å². The first-order valence-electron chi connectivity index (χ1n) is 8.04. The van der Waals surface area contributed by atoms with E-state index in [1.807, 2.05) is 36.4 Å². The van der Waals surface area contributed by atoms with Crippen molar-refractivity contribution in [2.75, 3.05) is 5.32 Å². The van der Waals surface area contributed by atoms with Crippen molar-refractivity contribution < 1.29 is 4.42 Å². The quantitative estimate of drug-likeness (QED) is 0.411. The summed E-state index contributed by atoms with van der Waals surface area (Å²) in [6.07, 6.45) is 0. The first-order chi connectivity index (χ1) is 13.2. The Morgan fingerprint density at radius 2 is 1.78 bits per heavy atom. The summed E-state index contributed by atoms with van der Waals surface area (Å²) in [5.74, 6) is 1.54. The molecule has 136 valence electrons. The van der Waals surface area contributed by atoms with Crippen LogP contribution in [0.15, 0.2) is 57.3 Å². The molecular formula is C18H14ClN5OS2. The molecule has 0 atom stereocenters. The minimum absolute atomic E-state index is 0.473. The van der Waals surface area contributed by atoms with Crippen molar-refractivity contribution in [3.05, 3.63) is 65.0 Å². The molecule has 0 radical (unpaired) electrons. The number of halogens is 1. The summed E-state index contributed by atoms with van der Waals surface area (Å²) in [6, 6.07) is 15.4. The molecule has 2 aromatic heterocycles. The van der Waals surface area contributed by atoms with Gasteiger partial charge in [-0.05, 0) is 43.3 Å². The molecule has 0 spiro atoms. The fourth-order valence-corrected chi connectivity index (χ4v) is 3.96. The molecule has 0 bridgehead atoms. The lowest BCUT2D eigenvalue weighted by molar-refractivity contribution is 0.528. The van der Waals surface area contributed by atoms with Crippen molar-refractivity contribution in [3.63, 3.8) is 0 Å². The molecule has 1 N–H and O–H groups in total. The number of nitrogens with one attached hydrogen (secondary N) is 1. The Hall–Kier alpha value is -2.42. The van der Waals surface area contributed by atoms with Gasteiger partial charge in [-0.15, -0.1) is 20.4 Å². The molecule has 0 aliphatic heterocycles. The molecule has 0 amide bonds. The van der Waals surface area contributed by atoms with E-state index in [4.69, 9.17) is 16.0 Å². The van der Waals surface area contributed by atoms with Gasteiger partial charge in [0.25, 0.3) is 0 Å². The van der Waals surface area contributed by atoms with E-state index >= 15 is 0 Å². The standard InChI is InChI=1S/C18H14ClN5OS2/c1-11-2-8-14(9-3-11)20-17-23-24-18(27-17)26-10-15-21-22-16(25-15)12-4-6-13(19)7-5-12/h2-9H,10H2,1H3,(H,20,23). The van der Waals surface area contributed by atoms with Crippen LogP contribution in [-0.2, 0) is 5.75 Å². The van der Waals surface area contributed by atoms with Crippen LogP contribution in [0.3, 0.4) is 0 Å². The number of thioether (sulfide) groups is 1. The number of hydrogen-bond donors (Lipinski definition) is 1. The van der Waals surface area contributed by atoms with Gasteiger partial charge in [0.1, 0.15) is 0 Å². The molecule has 0 unspecified atom stereocenters. The molecule has 9 heteroatoms. The predicted octanol–water partition coefficient (Wildman–Crippen LogP) is 5.59. The van der Waals surface area contributed by atoms with Crippen LogP contribution in [0, 0.1) is 6.92 Å². The highest BCUT2D eigenvalue weighted by molar-refractivity contribution is 8.00. The molecule has 0 fully saturated rings. The number of hydrogen-bond acceptors (Lipinski definition) is 8. The second-order valence-corrected chi connectivity index (χ2v) is 8.30. The van der Waals surface area contributed by atoms with E-state index < -0.39 is 0 Å². The SMILES string of the molecule is Cc1ccc(Nc2nnc(SCc3nnc(-c4ccc(Cl)cc4)o3)s2)cc1. The van der Waals surface area contributed by atoms with E-state index in [2.05, 4.69) is 32.6 Å². The third-order valence-electron chi connectivity index (χ3n) is 3.59. The van der Waals surface area contributed by atoms with Crippen LogP contribution in [0.1, 0.15) is 11.5 Å². The summed E-state index contributed by atoms with van der Waals surface area (Å²) in [5, 5.41) is 21.2. The van der Waals surface area contributed by atoms with Crippen LogP contribution >= 0.6 is 34.7 Å². The smallest absolute Gasteiger partial charge is 0.247 e. The summed E-state index contributed by atoms with van der Waals surface area (Å²) in [7, 11) is 0. The third kappa shape index (κ3) is 4.65. The number of anilines is 2. The van der Waals surface area contributed by atoms with Crippen LogP contribution in [0.2, 0.25) is 5.02 Å². The summed E-state index contributed by atoms with van der Waals surface area (Å²) in [5.41, 5.74) is 3.04. The zero-order valence-electron chi connectivity index (χ0n) is 14.2. The third-order valence-corrected chi connectivity index (χ3v) is 5.80. The van der Waals surface area contributed by atoms with Gasteiger partial charge >= 0.3 is 0 Å². The number of benzene rings is 2. The molecule has 27 heavy (non-hydrogen) atoms. The largest absolute Gasteiger partial charge is 0.420 e. The highest BCUT2D eigenvalue weighted by atomic mass is 35.5. The van der Waals surface area contributed by atoms with E-state index in [0.717, 1.165) is 20.7 Å². The van der Waals surface area contributed by atoms with Crippen LogP contribution < -0.4 is 5.32 Å². The van der Waals surface area contributed by atoms with Crippen molar-refractivity contribution in [3.8, 4) is 11.5 Å². The van der Waals surface area contributed by atoms with Crippen molar-refractivity contribution in [1.29, 1.82) is 0 Å². The number of aromatic nitrogens is 4. The minimum Gasteiger partial charge on any atom is -0.420 e. The van der Waals surface area contributed by atoms with E-state index in [-0.39, 0.29) is 0 Å². The highest BCUT2D eigenvalue weighted by Gasteiger charge is 2.11. The van der Waals surface area contributed by atoms with Crippen LogP contribution in [0.25, 0.3) is 11.5 Å². The lowest BCUT2D eigenvalue weighted by Gasteiger charge is -2.01. The predicted molar refractivity (Wildman–Crippen MR) is 109 cm³/mol. The molecule has 0 saturated heterocycles. The van der Waals surface area contributed by atoms with Gasteiger partial charge in [-0.25, -0.2) is 0 Å². The first-order valence-corrected chi connectivity index (χ1v) is 10.2. The molecule has 4 aromatic rings. The Morgan fingerprint density at radius 1 is 1.00 bits per heavy atom. The monoisotopic (exact) mass is 415 g/mol. The maximum absolute atomic E-state index is 5.89. The molecule has 0 aliphatic rings. The molecule has 4 rings (SSSR count). The van der Waals surface area contributed by atoms with E-state index in [9.17, 15) is 0 Å². The van der Waals surface area contributed by atoms with Crippen molar-refractivity contribution in [2.24, 2.45) is 0 Å². The lowest BCUT2D eigenvalue weighted by Crippen LogP contribution is -1.88. The lowest BCUT2D eigenvalue weighted by atomic mass is 10.2. The summed E-state index contributed by atoms with van der Waals surface area (Å²) in [6.45, 7) is 2.05. The van der Waals surface area contributed by atoms with Gasteiger partial charge in [0.15, 0.2) is 4.34 Å². The minimum atomic E-state index is 0.473. The Kier molecular flexibility index (Phi) is 5.38. The van der Waals surface area contributed by atoms with Gasteiger partial charge in [-0.1, -0.05) is 52.4 Å². The van der Waals surface area contributed by atoms with Gasteiger partial charge in [0, 0.05) is 16.3 Å². The average Bonchev–Trinajstić information content (AvgIpc) is 3.32. The first kappa shape index (κ1) is 18.0. The van der Waals surface area contributed by atoms with E-state index in [1.54, 1.807) is 12.1 Å². The number of rotatable bonds is 6. The van der Waals surface area contributed by atoms with Crippen LogP contribution in [0.5, 0.6) is 0 Å². The van der Waals surface area contributed by atoms with Crippen LogP contribution in [0.4, 0.5) is 10.8 Å². The molecule has 2 heterocycles. The van der Waals surface area contributed by atoms with Gasteiger partial charge in [-0.2, -0.15) is 0 Å². The Morgan fingerprint density at radius 3 is 2.56 bits per heavy atom. The second-order valence-electron chi connectivity index (χ2n) is 5.66. The average molecular weight is 416 g/mol. The van der Waals surface area contributed by atoms with Crippen molar-refractivity contribution in [1.82, 2.24) is 20.4 Å². The number of aryl methyl sites for hydroxylation is 1. The fraction of sp³-hybridized carbons (Fsp3) is 0.111. The zero-order chi connectivity index (χ0) is 18.6. The zero-order valence-corrected chi connectivity index (χ0v) is 16.6. The highest BCUT2D eigenvalue weighted by Crippen LogP contribution is 2.30. The van der Waals surface area contributed by atoms with Crippen LogP contribution in [-0.4, -0.2) is 20.4 Å². The Labute approximate surface area is 169 Å². The maximum Gasteiger partial charge on any atom is 0.247 e. The fourth-order valence-electron chi connectivity index (χ4n) is 2.22. The molecular weight excluding hydrogens is 402 g/mol. The Balaban J connectivity index is 1.36. The topological polar surface area (TPSA) is 76.7 Å². The van der Waals surface area contributed by atoms with E-state index in [1.165, 1.54) is 28.7 Å². The van der Waals surface area contributed by atoms with Gasteiger partial charge in [0.2, 0.25) is 16.9 Å². The number of nitrogens with zero attached hydrogens (tertiary/aromatic N) is 4. The Bertz CT molecular complexity index is 1030. The van der Waals surface area contributed by atoms with Gasteiger partial charge in [-0.3, -0.25) is 0 Å². The molecule has 0 aliphatic carbocycles. The summed E-state index contributed by atoms with van der Waals surface area (Å²) >= 11 is 8.88. The van der Waals surface area contributed by atoms with E-state index in [0.29, 0.717) is 22.6 Å². The molecule has 2 aromatic carbocycles. The maximum atomic E-state index is 5.89. The van der Waals surface area contributed by atoms with Gasteiger partial charge < -0.3 is 9.73 Å². The van der Waals surface area contributed by atoms with Crippen molar-refractivity contribution >= 4 is 45.5 Å². The summed E-state index contributed by atoms with van der Waals surface area (Å²) < 4.78 is 6.53. The summed E-state index contributed by atoms with van der Waals surface area (Å²) in [4.78, 5) is 0.